The van der Waals surface area contributed by atoms with Gasteiger partial charge >= 0.3 is 0 Å². The van der Waals surface area contributed by atoms with Gasteiger partial charge < -0.3 is 19.5 Å². The van der Waals surface area contributed by atoms with Crippen LogP contribution in [0.5, 0.6) is 11.6 Å². The Kier molecular flexibility index (Phi) is 5.93. The lowest BCUT2D eigenvalue weighted by atomic mass is 9.74. The highest BCUT2D eigenvalue weighted by molar-refractivity contribution is 5.46. The Labute approximate surface area is 154 Å². The quantitative estimate of drug-likeness (QED) is 0.819. The first kappa shape index (κ1) is 18.5. The third-order valence-corrected chi connectivity index (χ3v) is 4.76. The fraction of sp³-hybridized carbons (Fsp3) is 0.500. The predicted molar refractivity (Wildman–Crippen MR) is 101 cm³/mol. The number of methoxy groups -OCH3 is 1. The van der Waals surface area contributed by atoms with E-state index in [1.807, 2.05) is 26.0 Å². The van der Waals surface area contributed by atoms with Crippen LogP contribution in [0.4, 0.5) is 5.82 Å². The molecular formula is C20H27N3O3. The molecule has 0 unspecified atom stereocenters. The number of aromatic nitrogens is 2. The highest BCUT2D eigenvalue weighted by Crippen LogP contribution is 2.36. The van der Waals surface area contributed by atoms with Gasteiger partial charge in [-0.25, -0.2) is 9.97 Å². The minimum atomic E-state index is -0.0167. The summed E-state index contributed by atoms with van der Waals surface area (Å²) in [6, 6.07) is 8.33. The Bertz CT molecular complexity index is 698. The van der Waals surface area contributed by atoms with Gasteiger partial charge in [-0.1, -0.05) is 12.1 Å². The molecule has 1 aliphatic rings. The van der Waals surface area contributed by atoms with Crippen LogP contribution in [0.2, 0.25) is 0 Å². The molecule has 1 aromatic heterocycles. The Morgan fingerprint density at radius 3 is 2.46 bits per heavy atom. The molecule has 1 aromatic carbocycles. The van der Waals surface area contributed by atoms with Gasteiger partial charge in [-0.05, 0) is 44.4 Å². The second-order valence-electron chi connectivity index (χ2n) is 6.85. The van der Waals surface area contributed by atoms with Crippen LogP contribution in [0.3, 0.4) is 0 Å². The number of benzene rings is 1. The van der Waals surface area contributed by atoms with E-state index in [1.54, 1.807) is 19.5 Å². The van der Waals surface area contributed by atoms with Gasteiger partial charge in [0.2, 0.25) is 0 Å². The minimum Gasteiger partial charge on any atom is -0.497 e. The van der Waals surface area contributed by atoms with Crippen LogP contribution in [0.15, 0.2) is 36.7 Å². The van der Waals surface area contributed by atoms with E-state index in [4.69, 9.17) is 14.2 Å². The molecule has 6 heteroatoms. The van der Waals surface area contributed by atoms with Crippen molar-refractivity contribution in [3.63, 3.8) is 0 Å². The highest BCUT2D eigenvalue weighted by atomic mass is 16.5. The molecule has 0 radical (unpaired) electrons. The van der Waals surface area contributed by atoms with Gasteiger partial charge in [0.1, 0.15) is 5.75 Å². The van der Waals surface area contributed by atoms with Gasteiger partial charge in [0.25, 0.3) is 5.88 Å². The third kappa shape index (κ3) is 4.25. The lowest BCUT2D eigenvalue weighted by Crippen LogP contribution is -2.40. The van der Waals surface area contributed by atoms with Gasteiger partial charge in [-0.15, -0.1) is 0 Å². The normalized spacial score (nSPS) is 16.3. The summed E-state index contributed by atoms with van der Waals surface area (Å²) in [5, 5.41) is 3.47. The summed E-state index contributed by atoms with van der Waals surface area (Å²) < 4.78 is 16.7. The molecular weight excluding hydrogens is 330 g/mol. The van der Waals surface area contributed by atoms with Crippen LogP contribution in [-0.4, -0.2) is 42.9 Å². The largest absolute Gasteiger partial charge is 0.497 e. The van der Waals surface area contributed by atoms with Crippen LogP contribution in [0.1, 0.15) is 32.3 Å². The summed E-state index contributed by atoms with van der Waals surface area (Å²) in [5.74, 6) is 2.09. The Morgan fingerprint density at radius 1 is 1.12 bits per heavy atom. The van der Waals surface area contributed by atoms with E-state index >= 15 is 0 Å². The number of nitrogens with zero attached hydrogens (tertiary/aromatic N) is 2. The standard InChI is InChI=1S/C20H27N3O3/c1-15(2)26-19-18(21-10-11-22-19)23-14-20(8-12-25-13-9-20)16-4-6-17(24-3)7-5-16/h4-7,10-11,15H,8-9,12-14H2,1-3H3,(H,21,23). The van der Waals surface area contributed by atoms with Crippen molar-refractivity contribution in [3.8, 4) is 11.6 Å². The van der Waals surface area contributed by atoms with Crippen molar-refractivity contribution in [2.24, 2.45) is 0 Å². The molecule has 0 spiro atoms. The molecule has 140 valence electrons. The lowest BCUT2D eigenvalue weighted by Gasteiger charge is -2.38. The molecule has 0 bridgehead atoms. The number of ether oxygens (including phenoxy) is 3. The summed E-state index contributed by atoms with van der Waals surface area (Å²) >= 11 is 0. The van der Waals surface area contributed by atoms with Crippen LogP contribution < -0.4 is 14.8 Å². The fourth-order valence-electron chi connectivity index (χ4n) is 3.28. The molecule has 1 aliphatic heterocycles. The van der Waals surface area contributed by atoms with Gasteiger partial charge in [0.15, 0.2) is 5.82 Å². The van der Waals surface area contributed by atoms with E-state index in [0.29, 0.717) is 11.7 Å². The molecule has 0 amide bonds. The maximum absolute atomic E-state index is 5.78. The average Bonchev–Trinajstić information content (AvgIpc) is 2.68. The lowest BCUT2D eigenvalue weighted by molar-refractivity contribution is 0.0543. The zero-order valence-electron chi connectivity index (χ0n) is 15.7. The highest BCUT2D eigenvalue weighted by Gasteiger charge is 2.34. The average molecular weight is 357 g/mol. The van der Waals surface area contributed by atoms with Crippen LogP contribution in [-0.2, 0) is 10.2 Å². The first-order chi connectivity index (χ1) is 12.6. The molecule has 6 nitrogen and oxygen atoms in total. The van der Waals surface area contributed by atoms with Crippen LogP contribution in [0.25, 0.3) is 0 Å². The second kappa shape index (κ2) is 8.36. The van der Waals surface area contributed by atoms with Crippen molar-refractivity contribution < 1.29 is 14.2 Å². The van der Waals surface area contributed by atoms with Crippen molar-refractivity contribution in [2.45, 2.75) is 38.2 Å². The van der Waals surface area contributed by atoms with Crippen molar-refractivity contribution >= 4 is 5.82 Å². The summed E-state index contributed by atoms with van der Waals surface area (Å²) in [6.07, 6.45) is 5.28. The van der Waals surface area contributed by atoms with E-state index in [2.05, 4.69) is 27.4 Å². The van der Waals surface area contributed by atoms with Crippen molar-refractivity contribution in [1.29, 1.82) is 0 Å². The van der Waals surface area contributed by atoms with E-state index in [1.165, 1.54) is 5.56 Å². The maximum atomic E-state index is 5.78. The molecule has 3 rings (SSSR count). The monoisotopic (exact) mass is 357 g/mol. The van der Waals surface area contributed by atoms with E-state index in [-0.39, 0.29) is 11.5 Å². The molecule has 0 aliphatic carbocycles. The number of rotatable bonds is 7. The zero-order chi connectivity index (χ0) is 18.4. The molecule has 1 fully saturated rings. The second-order valence-corrected chi connectivity index (χ2v) is 6.85. The molecule has 2 heterocycles. The minimum absolute atomic E-state index is 0.0167. The first-order valence-corrected chi connectivity index (χ1v) is 9.07. The topological polar surface area (TPSA) is 65.5 Å². The van der Waals surface area contributed by atoms with Crippen LogP contribution in [0, 0.1) is 0 Å². The number of hydrogen-bond acceptors (Lipinski definition) is 6. The van der Waals surface area contributed by atoms with Gasteiger partial charge in [0.05, 0.1) is 13.2 Å². The van der Waals surface area contributed by atoms with Crippen LogP contribution >= 0.6 is 0 Å². The van der Waals surface area contributed by atoms with E-state index in [0.717, 1.165) is 38.3 Å². The molecule has 2 aromatic rings. The Morgan fingerprint density at radius 2 is 1.81 bits per heavy atom. The maximum Gasteiger partial charge on any atom is 0.257 e. The number of anilines is 1. The van der Waals surface area contributed by atoms with Gasteiger partial charge in [0, 0.05) is 37.6 Å². The Hall–Kier alpha value is -2.34. The molecule has 0 saturated carbocycles. The molecule has 26 heavy (non-hydrogen) atoms. The summed E-state index contributed by atoms with van der Waals surface area (Å²) in [4.78, 5) is 8.73. The Balaban J connectivity index is 1.81. The summed E-state index contributed by atoms with van der Waals surface area (Å²) in [6.45, 7) is 6.22. The van der Waals surface area contributed by atoms with E-state index in [9.17, 15) is 0 Å². The third-order valence-electron chi connectivity index (χ3n) is 4.76. The number of hydrogen-bond donors (Lipinski definition) is 1. The fourth-order valence-corrected chi connectivity index (χ4v) is 3.28. The zero-order valence-corrected chi connectivity index (χ0v) is 15.7. The van der Waals surface area contributed by atoms with Gasteiger partial charge in [-0.3, -0.25) is 0 Å². The molecule has 1 N–H and O–H groups in total. The smallest absolute Gasteiger partial charge is 0.257 e. The van der Waals surface area contributed by atoms with Gasteiger partial charge in [-0.2, -0.15) is 0 Å². The SMILES string of the molecule is COc1ccc(C2(CNc3nccnc3OC(C)C)CCOCC2)cc1. The molecule has 0 atom stereocenters. The summed E-state index contributed by atoms with van der Waals surface area (Å²) in [5.41, 5.74) is 1.27. The first-order valence-electron chi connectivity index (χ1n) is 9.07. The molecule has 1 saturated heterocycles. The van der Waals surface area contributed by atoms with Crippen molar-refractivity contribution in [1.82, 2.24) is 9.97 Å². The predicted octanol–water partition coefficient (Wildman–Crippen LogP) is 3.43. The van der Waals surface area contributed by atoms with Crippen molar-refractivity contribution in [3.05, 3.63) is 42.2 Å². The summed E-state index contributed by atoms with van der Waals surface area (Å²) in [7, 11) is 1.69. The van der Waals surface area contributed by atoms with Crippen molar-refractivity contribution in [2.75, 3.05) is 32.2 Å². The number of nitrogens with one attached hydrogen (secondary N) is 1. The van der Waals surface area contributed by atoms with E-state index < -0.39 is 0 Å².